The normalized spacial score (nSPS) is 17.6. The Hall–Kier alpha value is -2.83. The van der Waals surface area contributed by atoms with E-state index in [9.17, 15) is 4.79 Å². The van der Waals surface area contributed by atoms with E-state index in [1.165, 1.54) is 6.26 Å². The molecule has 26 heavy (non-hydrogen) atoms. The first kappa shape index (κ1) is 16.6. The standard InChI is InChI=1S/C19H22N4O3/c1-2-25-18(24)16-12-26-19(22-16)23-9-5-6-13(11-23)10-17-20-14-7-3-4-8-15(14)21-17/h3-4,7-8,12-13H,2,5-6,9-11H2,1H3,(H,20,21). The number of hydrogen-bond acceptors (Lipinski definition) is 6. The fourth-order valence-corrected chi connectivity index (χ4v) is 3.49. The van der Waals surface area contributed by atoms with Crippen LogP contribution in [0.1, 0.15) is 36.1 Å². The Morgan fingerprint density at radius 1 is 1.38 bits per heavy atom. The molecule has 1 aromatic carbocycles. The van der Waals surface area contributed by atoms with Gasteiger partial charge in [0.1, 0.15) is 12.1 Å². The van der Waals surface area contributed by atoms with Gasteiger partial charge in [-0.15, -0.1) is 0 Å². The zero-order chi connectivity index (χ0) is 17.9. The van der Waals surface area contributed by atoms with Crippen LogP contribution in [0.3, 0.4) is 0 Å². The van der Waals surface area contributed by atoms with E-state index < -0.39 is 5.97 Å². The van der Waals surface area contributed by atoms with Crippen molar-refractivity contribution in [3.05, 3.63) is 42.0 Å². The third-order valence-electron chi connectivity index (χ3n) is 4.69. The molecule has 1 atom stereocenters. The van der Waals surface area contributed by atoms with Crippen molar-refractivity contribution in [2.75, 3.05) is 24.6 Å². The molecule has 136 valence electrons. The first-order valence-electron chi connectivity index (χ1n) is 9.04. The number of aromatic amines is 1. The van der Waals surface area contributed by atoms with E-state index in [0.29, 0.717) is 18.5 Å². The highest BCUT2D eigenvalue weighted by atomic mass is 16.5. The summed E-state index contributed by atoms with van der Waals surface area (Å²) in [6.07, 6.45) is 4.45. The van der Waals surface area contributed by atoms with Crippen LogP contribution in [0.25, 0.3) is 11.0 Å². The third kappa shape index (κ3) is 3.42. The molecular formula is C19H22N4O3. The van der Waals surface area contributed by atoms with Gasteiger partial charge in [0.05, 0.1) is 17.6 Å². The molecule has 0 saturated carbocycles. The topological polar surface area (TPSA) is 84.2 Å². The van der Waals surface area contributed by atoms with Crippen LogP contribution in [0.2, 0.25) is 0 Å². The van der Waals surface area contributed by atoms with Crippen molar-refractivity contribution >= 4 is 23.0 Å². The van der Waals surface area contributed by atoms with Crippen molar-refractivity contribution < 1.29 is 13.9 Å². The molecule has 0 radical (unpaired) electrons. The molecule has 1 aliphatic heterocycles. The Balaban J connectivity index is 1.43. The molecular weight excluding hydrogens is 332 g/mol. The Morgan fingerprint density at radius 3 is 3.12 bits per heavy atom. The number of ether oxygens (including phenoxy) is 1. The average Bonchev–Trinajstić information content (AvgIpc) is 3.29. The molecule has 3 aromatic rings. The third-order valence-corrected chi connectivity index (χ3v) is 4.69. The number of benzene rings is 1. The van der Waals surface area contributed by atoms with E-state index in [0.717, 1.165) is 49.2 Å². The number of aromatic nitrogens is 3. The first-order chi connectivity index (χ1) is 12.7. The second-order valence-electron chi connectivity index (χ2n) is 6.59. The predicted molar refractivity (Wildman–Crippen MR) is 97.2 cm³/mol. The number of esters is 1. The summed E-state index contributed by atoms with van der Waals surface area (Å²) in [6.45, 7) is 3.80. The minimum atomic E-state index is -0.446. The fraction of sp³-hybridized carbons (Fsp3) is 0.421. The monoisotopic (exact) mass is 354 g/mol. The molecule has 4 rings (SSSR count). The van der Waals surface area contributed by atoms with Crippen molar-refractivity contribution in [1.29, 1.82) is 0 Å². The van der Waals surface area contributed by atoms with E-state index in [1.807, 2.05) is 24.3 Å². The lowest BCUT2D eigenvalue weighted by molar-refractivity contribution is 0.0519. The van der Waals surface area contributed by atoms with E-state index >= 15 is 0 Å². The number of nitrogens with one attached hydrogen (secondary N) is 1. The molecule has 0 spiro atoms. The lowest BCUT2D eigenvalue weighted by atomic mass is 9.95. The molecule has 3 heterocycles. The highest BCUT2D eigenvalue weighted by Gasteiger charge is 2.25. The summed E-state index contributed by atoms with van der Waals surface area (Å²) in [5.74, 6) is 1.03. The lowest BCUT2D eigenvalue weighted by Crippen LogP contribution is -2.36. The zero-order valence-corrected chi connectivity index (χ0v) is 14.8. The second kappa shape index (κ2) is 7.19. The maximum Gasteiger partial charge on any atom is 0.360 e. The maximum absolute atomic E-state index is 11.8. The number of hydrogen-bond donors (Lipinski definition) is 1. The molecule has 0 amide bonds. The maximum atomic E-state index is 11.8. The molecule has 1 fully saturated rings. The van der Waals surface area contributed by atoms with Crippen LogP contribution in [0, 0.1) is 5.92 Å². The highest BCUT2D eigenvalue weighted by Crippen LogP contribution is 2.25. The summed E-state index contributed by atoms with van der Waals surface area (Å²) >= 11 is 0. The largest absolute Gasteiger partial charge is 0.461 e. The summed E-state index contributed by atoms with van der Waals surface area (Å²) in [4.78, 5) is 26.2. The summed E-state index contributed by atoms with van der Waals surface area (Å²) in [7, 11) is 0. The van der Waals surface area contributed by atoms with Crippen molar-refractivity contribution in [1.82, 2.24) is 15.0 Å². The predicted octanol–water partition coefficient (Wildman–Crippen LogP) is 3.19. The minimum absolute atomic E-state index is 0.223. The number of piperidine rings is 1. The van der Waals surface area contributed by atoms with Crippen LogP contribution in [-0.4, -0.2) is 40.6 Å². The molecule has 0 aliphatic carbocycles. The smallest absolute Gasteiger partial charge is 0.360 e. The molecule has 1 unspecified atom stereocenters. The van der Waals surface area contributed by atoms with Gasteiger partial charge in [0.25, 0.3) is 6.01 Å². The molecule has 1 saturated heterocycles. The quantitative estimate of drug-likeness (QED) is 0.709. The first-order valence-corrected chi connectivity index (χ1v) is 9.04. The number of imidazole rings is 1. The summed E-state index contributed by atoms with van der Waals surface area (Å²) < 4.78 is 10.5. The molecule has 1 aliphatic rings. The number of fused-ring (bicyclic) bond motifs is 1. The van der Waals surface area contributed by atoms with Gasteiger partial charge in [-0.3, -0.25) is 0 Å². The van der Waals surface area contributed by atoms with Gasteiger partial charge in [-0.1, -0.05) is 12.1 Å². The van der Waals surface area contributed by atoms with Gasteiger partial charge in [0, 0.05) is 19.5 Å². The van der Waals surface area contributed by atoms with Crippen molar-refractivity contribution in [2.45, 2.75) is 26.2 Å². The second-order valence-corrected chi connectivity index (χ2v) is 6.59. The molecule has 0 bridgehead atoms. The van der Waals surface area contributed by atoms with Crippen molar-refractivity contribution in [2.24, 2.45) is 5.92 Å². The molecule has 2 aromatic heterocycles. The summed E-state index contributed by atoms with van der Waals surface area (Å²) in [5.41, 5.74) is 2.30. The van der Waals surface area contributed by atoms with Crippen LogP contribution in [-0.2, 0) is 11.2 Å². The van der Waals surface area contributed by atoms with Gasteiger partial charge in [-0.05, 0) is 37.8 Å². The number of carbonyl (C=O) groups excluding carboxylic acids is 1. The van der Waals surface area contributed by atoms with Gasteiger partial charge in [0.15, 0.2) is 5.69 Å². The van der Waals surface area contributed by atoms with Crippen molar-refractivity contribution in [3.8, 4) is 0 Å². The highest BCUT2D eigenvalue weighted by molar-refractivity contribution is 5.87. The molecule has 1 N–H and O–H groups in total. The van der Waals surface area contributed by atoms with Gasteiger partial charge in [0.2, 0.25) is 0 Å². The number of para-hydroxylation sites is 2. The van der Waals surface area contributed by atoms with E-state index in [1.54, 1.807) is 6.92 Å². The zero-order valence-electron chi connectivity index (χ0n) is 14.8. The minimum Gasteiger partial charge on any atom is -0.461 e. The van der Waals surface area contributed by atoms with E-state index in [-0.39, 0.29) is 5.69 Å². The lowest BCUT2D eigenvalue weighted by Gasteiger charge is -2.31. The van der Waals surface area contributed by atoms with Crippen LogP contribution >= 0.6 is 0 Å². The number of rotatable bonds is 5. The Kier molecular flexibility index (Phi) is 4.60. The van der Waals surface area contributed by atoms with Gasteiger partial charge in [-0.2, -0.15) is 4.98 Å². The Bertz CT molecular complexity index is 868. The number of carbonyl (C=O) groups is 1. The molecule has 7 nitrogen and oxygen atoms in total. The number of oxazole rings is 1. The van der Waals surface area contributed by atoms with Crippen LogP contribution in [0.5, 0.6) is 0 Å². The van der Waals surface area contributed by atoms with E-state index in [4.69, 9.17) is 9.15 Å². The SMILES string of the molecule is CCOC(=O)c1coc(N2CCCC(Cc3nc4ccccc4[nH]3)C2)n1. The van der Waals surface area contributed by atoms with Crippen LogP contribution in [0.4, 0.5) is 6.01 Å². The van der Waals surface area contributed by atoms with Gasteiger partial charge >= 0.3 is 5.97 Å². The number of anilines is 1. The number of H-pyrrole nitrogens is 1. The number of nitrogens with zero attached hydrogens (tertiary/aromatic N) is 3. The van der Waals surface area contributed by atoms with Gasteiger partial charge < -0.3 is 19.0 Å². The Labute approximate surface area is 151 Å². The van der Waals surface area contributed by atoms with E-state index in [2.05, 4.69) is 19.9 Å². The Morgan fingerprint density at radius 2 is 2.27 bits per heavy atom. The molecule has 7 heteroatoms. The van der Waals surface area contributed by atoms with Crippen molar-refractivity contribution in [3.63, 3.8) is 0 Å². The van der Waals surface area contributed by atoms with Crippen LogP contribution < -0.4 is 4.90 Å². The van der Waals surface area contributed by atoms with Gasteiger partial charge in [-0.25, -0.2) is 9.78 Å². The fourth-order valence-electron chi connectivity index (χ4n) is 3.49. The summed E-state index contributed by atoms with van der Waals surface area (Å²) in [5, 5.41) is 0. The summed E-state index contributed by atoms with van der Waals surface area (Å²) in [6, 6.07) is 8.56. The van der Waals surface area contributed by atoms with Crippen LogP contribution in [0.15, 0.2) is 34.9 Å². The average molecular weight is 354 g/mol.